The maximum Gasteiger partial charge on any atom is 0.284 e. The number of unbranched alkanes of at least 4 members (excludes halogenated alkanes) is 1. The van der Waals surface area contributed by atoms with Crippen molar-refractivity contribution in [3.63, 3.8) is 0 Å². The maximum absolute atomic E-state index is 11.4. The number of amides is 1. The molecule has 1 saturated heterocycles. The van der Waals surface area contributed by atoms with Crippen molar-refractivity contribution >= 4 is 39.2 Å². The monoisotopic (exact) mass is 441 g/mol. The van der Waals surface area contributed by atoms with Crippen LogP contribution in [0.5, 0.6) is 0 Å². The summed E-state index contributed by atoms with van der Waals surface area (Å²) in [5, 5.41) is 2.08. The van der Waals surface area contributed by atoms with Crippen LogP contribution < -0.4 is 10.6 Å². The summed E-state index contributed by atoms with van der Waals surface area (Å²) >= 11 is 0. The molecule has 4 aromatic rings. The minimum Gasteiger partial charge on any atom is -0.451 e. The average Bonchev–Trinajstić information content (AvgIpc) is 3.45. The van der Waals surface area contributed by atoms with Crippen LogP contribution in [0.1, 0.15) is 29.0 Å². The normalized spacial score (nSPS) is 14.7. The largest absolute Gasteiger partial charge is 0.451 e. The smallest absolute Gasteiger partial charge is 0.284 e. The lowest BCUT2D eigenvalue weighted by atomic mass is 10.1. The summed E-state index contributed by atoms with van der Waals surface area (Å²) in [6.07, 6.45) is 5.40. The number of carbonyl (C=O) groups is 1. The van der Waals surface area contributed by atoms with Gasteiger partial charge in [-0.25, -0.2) is 4.85 Å². The van der Waals surface area contributed by atoms with E-state index in [1.807, 2.05) is 30.3 Å². The minimum atomic E-state index is -0.542. The second kappa shape index (κ2) is 9.00. The van der Waals surface area contributed by atoms with Crippen LogP contribution in [-0.4, -0.2) is 48.5 Å². The Balaban J connectivity index is 1.11. The summed E-state index contributed by atoms with van der Waals surface area (Å²) in [5.41, 5.74) is 10.3. The van der Waals surface area contributed by atoms with Crippen LogP contribution in [0.25, 0.3) is 26.7 Å². The molecule has 3 N–H and O–H groups in total. The van der Waals surface area contributed by atoms with E-state index in [0.29, 0.717) is 11.3 Å². The van der Waals surface area contributed by atoms with Gasteiger partial charge in [0.05, 0.1) is 6.57 Å². The minimum absolute atomic E-state index is 0.200. The molecule has 5 rings (SSSR count). The van der Waals surface area contributed by atoms with Crippen molar-refractivity contribution < 1.29 is 9.21 Å². The molecule has 0 aliphatic carbocycles. The number of primary amides is 1. The molecule has 0 spiro atoms. The van der Waals surface area contributed by atoms with Gasteiger partial charge in [0, 0.05) is 49.0 Å². The van der Waals surface area contributed by atoms with Crippen molar-refractivity contribution in [2.45, 2.75) is 19.3 Å². The fraction of sp³-hybridized carbons (Fsp3) is 0.308. The number of aromatic nitrogens is 1. The number of anilines is 1. The molecule has 1 aliphatic heterocycles. The fourth-order valence-corrected chi connectivity index (χ4v) is 4.67. The van der Waals surface area contributed by atoms with Crippen LogP contribution >= 0.6 is 0 Å². The molecule has 0 bridgehead atoms. The third-order valence-corrected chi connectivity index (χ3v) is 6.53. The van der Waals surface area contributed by atoms with Crippen molar-refractivity contribution in [2.75, 3.05) is 37.6 Å². The summed E-state index contributed by atoms with van der Waals surface area (Å²) in [5.74, 6) is -0.342. The number of benzene rings is 2. The van der Waals surface area contributed by atoms with Crippen molar-refractivity contribution in [3.8, 4) is 0 Å². The summed E-state index contributed by atoms with van der Waals surface area (Å²) < 4.78 is 5.49. The van der Waals surface area contributed by atoms with Gasteiger partial charge in [0.25, 0.3) is 5.91 Å². The first-order chi connectivity index (χ1) is 16.1. The number of carbonyl (C=O) groups excluding carboxylic acids is 1. The lowest BCUT2D eigenvalue weighted by Crippen LogP contribution is -2.46. The second-order valence-electron chi connectivity index (χ2n) is 8.64. The van der Waals surface area contributed by atoms with Crippen LogP contribution in [0.3, 0.4) is 0 Å². The van der Waals surface area contributed by atoms with E-state index >= 15 is 0 Å². The highest BCUT2D eigenvalue weighted by Crippen LogP contribution is 2.27. The lowest BCUT2D eigenvalue weighted by molar-refractivity contribution is 0.0976. The number of hydrogen-bond donors (Lipinski definition) is 2. The highest BCUT2D eigenvalue weighted by Gasteiger charge is 2.18. The van der Waals surface area contributed by atoms with Crippen LogP contribution in [0.2, 0.25) is 0 Å². The Bertz CT molecular complexity index is 1340. The number of nitrogens with two attached hydrogens (primary N) is 1. The molecule has 33 heavy (non-hydrogen) atoms. The molecule has 2 aromatic heterocycles. The number of piperazine rings is 1. The SMILES string of the molecule is [C-]#[N+]c1ccc2[nH]cc(CCCCN3CCN(c4ccc5oc(C(N)=O)cc5c4)CC3)c2c1. The number of rotatable bonds is 7. The number of furan rings is 1. The standard InChI is InChI=1S/C26H27N5O2/c1-28-20-5-7-23-22(16-20)18(17-29-23)4-2-3-9-30-10-12-31(13-11-30)21-6-8-24-19(14-21)15-25(33-24)26(27)32/h5-8,14-17,29H,2-4,9-13H2,(H2,27,32). The van der Waals surface area contributed by atoms with Crippen molar-refractivity contribution in [1.29, 1.82) is 0 Å². The Kier molecular flexibility index (Phi) is 5.76. The van der Waals surface area contributed by atoms with E-state index in [0.717, 1.165) is 68.6 Å². The number of hydrogen-bond acceptors (Lipinski definition) is 4. The van der Waals surface area contributed by atoms with Gasteiger partial charge in [-0.1, -0.05) is 6.07 Å². The fourth-order valence-electron chi connectivity index (χ4n) is 4.67. The first kappa shape index (κ1) is 21.1. The zero-order valence-corrected chi connectivity index (χ0v) is 18.5. The molecule has 0 saturated carbocycles. The van der Waals surface area contributed by atoms with Crippen LogP contribution in [0, 0.1) is 6.57 Å². The van der Waals surface area contributed by atoms with E-state index in [1.165, 1.54) is 10.9 Å². The summed E-state index contributed by atoms with van der Waals surface area (Å²) in [6, 6.07) is 13.6. The molecule has 0 unspecified atom stereocenters. The number of aromatic amines is 1. The zero-order chi connectivity index (χ0) is 22.8. The Labute approximate surface area is 192 Å². The first-order valence-corrected chi connectivity index (χ1v) is 11.4. The van der Waals surface area contributed by atoms with E-state index in [4.69, 9.17) is 16.7 Å². The lowest BCUT2D eigenvalue weighted by Gasteiger charge is -2.36. The predicted octanol–water partition coefficient (Wildman–Crippen LogP) is 4.71. The molecule has 0 radical (unpaired) electrons. The Morgan fingerprint density at radius 3 is 2.73 bits per heavy atom. The molecule has 168 valence electrons. The van der Waals surface area contributed by atoms with Gasteiger partial charge in [0.1, 0.15) is 5.58 Å². The molecule has 1 aliphatic rings. The van der Waals surface area contributed by atoms with E-state index < -0.39 is 5.91 Å². The van der Waals surface area contributed by atoms with E-state index in [1.54, 1.807) is 6.07 Å². The number of nitrogens with zero attached hydrogens (tertiary/aromatic N) is 3. The maximum atomic E-state index is 11.4. The molecular formula is C26H27N5O2. The van der Waals surface area contributed by atoms with Crippen molar-refractivity contribution in [3.05, 3.63) is 71.4 Å². The Morgan fingerprint density at radius 2 is 1.94 bits per heavy atom. The van der Waals surface area contributed by atoms with Crippen molar-refractivity contribution in [1.82, 2.24) is 9.88 Å². The number of H-pyrrole nitrogens is 1. The van der Waals surface area contributed by atoms with Gasteiger partial charge in [-0.05, 0) is 73.2 Å². The Morgan fingerprint density at radius 1 is 1.09 bits per heavy atom. The van der Waals surface area contributed by atoms with Crippen molar-refractivity contribution in [2.24, 2.45) is 5.73 Å². The third-order valence-electron chi connectivity index (χ3n) is 6.53. The quantitative estimate of drug-likeness (QED) is 0.321. The van der Waals surface area contributed by atoms with Gasteiger partial charge in [0.2, 0.25) is 0 Å². The van der Waals surface area contributed by atoms with E-state index in [2.05, 4.69) is 31.9 Å². The van der Waals surface area contributed by atoms with Crippen LogP contribution in [0.15, 0.2) is 53.1 Å². The second-order valence-corrected chi connectivity index (χ2v) is 8.64. The molecule has 1 amide bonds. The van der Waals surface area contributed by atoms with E-state index in [9.17, 15) is 4.79 Å². The Hall–Kier alpha value is -3.76. The predicted molar refractivity (Wildman–Crippen MR) is 131 cm³/mol. The van der Waals surface area contributed by atoms with Gasteiger partial charge >= 0.3 is 0 Å². The van der Waals surface area contributed by atoms with Gasteiger partial charge < -0.3 is 20.0 Å². The molecule has 3 heterocycles. The molecular weight excluding hydrogens is 414 g/mol. The summed E-state index contributed by atoms with van der Waals surface area (Å²) in [7, 11) is 0. The molecule has 2 aromatic carbocycles. The van der Waals surface area contributed by atoms with Crippen LogP contribution in [0.4, 0.5) is 11.4 Å². The van der Waals surface area contributed by atoms with E-state index in [-0.39, 0.29) is 5.76 Å². The summed E-state index contributed by atoms with van der Waals surface area (Å²) in [4.78, 5) is 23.1. The number of fused-ring (bicyclic) bond motifs is 2. The highest BCUT2D eigenvalue weighted by atomic mass is 16.3. The molecule has 0 atom stereocenters. The van der Waals surface area contributed by atoms with Crippen LogP contribution in [-0.2, 0) is 6.42 Å². The molecule has 7 nitrogen and oxygen atoms in total. The average molecular weight is 442 g/mol. The zero-order valence-electron chi connectivity index (χ0n) is 18.5. The van der Waals surface area contributed by atoms with Gasteiger partial charge in [0.15, 0.2) is 11.4 Å². The summed E-state index contributed by atoms with van der Waals surface area (Å²) in [6.45, 7) is 12.4. The molecule has 1 fully saturated rings. The number of aryl methyl sites for hydroxylation is 1. The van der Waals surface area contributed by atoms with Gasteiger partial charge in [-0.3, -0.25) is 9.69 Å². The van der Waals surface area contributed by atoms with Gasteiger partial charge in [-0.2, -0.15) is 0 Å². The topological polar surface area (TPSA) is 82.9 Å². The number of nitrogens with one attached hydrogen (secondary N) is 1. The molecule has 7 heteroatoms. The first-order valence-electron chi connectivity index (χ1n) is 11.4. The van der Waals surface area contributed by atoms with Gasteiger partial charge in [-0.15, -0.1) is 0 Å². The third kappa shape index (κ3) is 4.43. The highest BCUT2D eigenvalue weighted by molar-refractivity contribution is 5.95.